The molecule has 0 radical (unpaired) electrons. The maximum atomic E-state index is 9.49. The molecule has 3 heteroatoms. The van der Waals surface area contributed by atoms with E-state index >= 15 is 0 Å². The Morgan fingerprint density at radius 2 is 1.76 bits per heavy atom. The summed E-state index contributed by atoms with van der Waals surface area (Å²) in [6.45, 7) is 10.8. The first-order chi connectivity index (χ1) is 9.79. The van der Waals surface area contributed by atoms with Gasteiger partial charge in [-0.15, -0.1) is 0 Å². The van der Waals surface area contributed by atoms with Crippen molar-refractivity contribution < 1.29 is 14.6 Å². The molecular weight excluding hydrogens is 264 g/mol. The summed E-state index contributed by atoms with van der Waals surface area (Å²) in [5, 5.41) is 9.49. The van der Waals surface area contributed by atoms with E-state index in [4.69, 9.17) is 9.47 Å². The van der Waals surface area contributed by atoms with Crippen LogP contribution in [0, 0.1) is 16.7 Å². The Labute approximate surface area is 128 Å². The lowest BCUT2D eigenvalue weighted by Gasteiger charge is -2.50. The van der Waals surface area contributed by atoms with Crippen LogP contribution in [0.5, 0.6) is 0 Å². The predicted molar refractivity (Wildman–Crippen MR) is 82.9 cm³/mol. The summed E-state index contributed by atoms with van der Waals surface area (Å²) in [4.78, 5) is 0. The fourth-order valence-electron chi connectivity index (χ4n) is 4.39. The molecule has 1 saturated heterocycles. The topological polar surface area (TPSA) is 38.7 Å². The predicted octanol–water partition coefficient (Wildman–Crippen LogP) is 3.66. The second-order valence-electron chi connectivity index (χ2n) is 8.48. The van der Waals surface area contributed by atoms with Crippen LogP contribution >= 0.6 is 0 Å². The highest BCUT2D eigenvalue weighted by molar-refractivity contribution is 5.32. The Morgan fingerprint density at radius 1 is 1.10 bits per heavy atom. The Hall–Kier alpha value is -0.380. The van der Waals surface area contributed by atoms with E-state index in [1.807, 2.05) is 0 Å². The van der Waals surface area contributed by atoms with E-state index in [1.54, 1.807) is 5.57 Å². The van der Waals surface area contributed by atoms with Gasteiger partial charge in [0.1, 0.15) is 0 Å². The molecule has 0 aromatic heterocycles. The van der Waals surface area contributed by atoms with Gasteiger partial charge in [0.25, 0.3) is 0 Å². The second-order valence-corrected chi connectivity index (χ2v) is 8.48. The van der Waals surface area contributed by atoms with Gasteiger partial charge in [-0.3, -0.25) is 0 Å². The quantitative estimate of drug-likeness (QED) is 0.790. The zero-order chi connectivity index (χ0) is 15.3. The number of aliphatic hydroxyl groups excluding tert-OH is 1. The summed E-state index contributed by atoms with van der Waals surface area (Å²) in [5.74, 6) is -0.0471. The average molecular weight is 294 g/mol. The summed E-state index contributed by atoms with van der Waals surface area (Å²) < 4.78 is 12.4. The summed E-state index contributed by atoms with van der Waals surface area (Å²) in [7, 11) is 0. The highest BCUT2D eigenvalue weighted by Crippen LogP contribution is 2.57. The molecule has 3 rings (SSSR count). The van der Waals surface area contributed by atoms with Crippen LogP contribution in [0.25, 0.3) is 0 Å². The second kappa shape index (κ2) is 5.07. The smallest absolute Gasteiger partial charge is 0.169 e. The van der Waals surface area contributed by atoms with Gasteiger partial charge < -0.3 is 14.6 Å². The monoisotopic (exact) mass is 294 g/mol. The number of ether oxygens (including phenoxy) is 2. The van der Waals surface area contributed by atoms with E-state index in [0.29, 0.717) is 5.92 Å². The first-order valence-corrected chi connectivity index (χ1v) is 8.40. The van der Waals surface area contributed by atoms with Gasteiger partial charge in [-0.25, -0.2) is 0 Å². The highest BCUT2D eigenvalue weighted by Gasteiger charge is 2.52. The van der Waals surface area contributed by atoms with Gasteiger partial charge in [-0.05, 0) is 24.7 Å². The van der Waals surface area contributed by atoms with Crippen LogP contribution in [0.2, 0.25) is 0 Å². The molecule has 0 aromatic carbocycles. The molecule has 1 N–H and O–H groups in total. The van der Waals surface area contributed by atoms with Crippen molar-refractivity contribution >= 4 is 0 Å². The van der Waals surface area contributed by atoms with Crippen LogP contribution in [0.15, 0.2) is 11.1 Å². The Morgan fingerprint density at radius 3 is 2.38 bits per heavy atom. The van der Waals surface area contributed by atoms with Crippen LogP contribution in [0.4, 0.5) is 0 Å². The standard InChI is InChI=1S/C18H30O3/c1-13(9-19)14-5-7-17(4)10-18(8-6-15(14)17)20-11-16(2,3)12-21-18/h13,19H,5-12H2,1-4H3/t13-,17-/m1/s1. The minimum Gasteiger partial charge on any atom is -0.396 e. The van der Waals surface area contributed by atoms with Crippen molar-refractivity contribution in [2.45, 2.75) is 65.6 Å². The van der Waals surface area contributed by atoms with Crippen molar-refractivity contribution in [1.29, 1.82) is 0 Å². The molecule has 1 heterocycles. The number of hydrogen-bond acceptors (Lipinski definition) is 3. The normalized spacial score (nSPS) is 35.9. The van der Waals surface area contributed by atoms with Crippen molar-refractivity contribution in [3.8, 4) is 0 Å². The van der Waals surface area contributed by atoms with Crippen molar-refractivity contribution in [2.75, 3.05) is 19.8 Å². The van der Waals surface area contributed by atoms with Gasteiger partial charge >= 0.3 is 0 Å². The summed E-state index contributed by atoms with van der Waals surface area (Å²) >= 11 is 0. The maximum absolute atomic E-state index is 9.49. The molecule has 1 spiro atoms. The number of hydrogen-bond donors (Lipinski definition) is 1. The molecule has 21 heavy (non-hydrogen) atoms. The van der Waals surface area contributed by atoms with E-state index in [2.05, 4.69) is 27.7 Å². The zero-order valence-corrected chi connectivity index (χ0v) is 14.0. The Balaban J connectivity index is 1.79. The highest BCUT2D eigenvalue weighted by atomic mass is 16.7. The number of aliphatic hydroxyl groups is 1. The van der Waals surface area contributed by atoms with E-state index in [0.717, 1.165) is 38.9 Å². The summed E-state index contributed by atoms with van der Waals surface area (Å²) in [6.07, 6.45) is 5.33. The molecule has 120 valence electrons. The van der Waals surface area contributed by atoms with Gasteiger partial charge in [0.2, 0.25) is 0 Å². The minimum atomic E-state index is -0.355. The molecule has 0 unspecified atom stereocenters. The SMILES string of the molecule is C[C@H](CO)C1=C2CCC3(C[C@@]2(C)CC1)OCC(C)(C)CO3. The number of allylic oxidation sites excluding steroid dienone is 1. The lowest BCUT2D eigenvalue weighted by Crippen LogP contribution is -2.52. The molecule has 3 nitrogen and oxygen atoms in total. The fourth-order valence-corrected chi connectivity index (χ4v) is 4.39. The molecule has 1 saturated carbocycles. The van der Waals surface area contributed by atoms with Crippen LogP contribution < -0.4 is 0 Å². The first-order valence-electron chi connectivity index (χ1n) is 8.40. The Kier molecular flexibility index (Phi) is 3.75. The fraction of sp³-hybridized carbons (Fsp3) is 0.889. The lowest BCUT2D eigenvalue weighted by molar-refractivity contribution is -0.316. The third-order valence-electron chi connectivity index (χ3n) is 5.80. The molecule has 2 atom stereocenters. The van der Waals surface area contributed by atoms with Gasteiger partial charge in [-0.2, -0.15) is 0 Å². The summed E-state index contributed by atoms with van der Waals surface area (Å²) in [6, 6.07) is 0. The molecule has 0 bridgehead atoms. The van der Waals surface area contributed by atoms with Gasteiger partial charge in [0.05, 0.1) is 13.2 Å². The third kappa shape index (κ3) is 2.69. The van der Waals surface area contributed by atoms with Gasteiger partial charge in [-0.1, -0.05) is 38.8 Å². The molecular formula is C18H30O3. The molecule has 2 fully saturated rings. The lowest BCUT2D eigenvalue weighted by atomic mass is 9.69. The number of fused-ring (bicyclic) bond motifs is 1. The molecule has 3 aliphatic rings. The van der Waals surface area contributed by atoms with Crippen LogP contribution in [0.3, 0.4) is 0 Å². The molecule has 0 amide bonds. The molecule has 2 aliphatic carbocycles. The minimum absolute atomic E-state index is 0.133. The van der Waals surface area contributed by atoms with Gasteiger partial charge in [0, 0.05) is 30.8 Å². The van der Waals surface area contributed by atoms with Crippen molar-refractivity contribution in [3.05, 3.63) is 11.1 Å². The first kappa shape index (κ1) is 15.5. The number of rotatable bonds is 2. The van der Waals surface area contributed by atoms with E-state index in [1.165, 1.54) is 12.0 Å². The zero-order valence-electron chi connectivity index (χ0n) is 14.0. The van der Waals surface area contributed by atoms with Crippen molar-refractivity contribution in [3.63, 3.8) is 0 Å². The average Bonchev–Trinajstić information content (AvgIpc) is 2.78. The molecule has 0 aromatic rings. The van der Waals surface area contributed by atoms with Crippen molar-refractivity contribution in [2.24, 2.45) is 16.7 Å². The van der Waals surface area contributed by atoms with Crippen LogP contribution in [0.1, 0.15) is 59.8 Å². The van der Waals surface area contributed by atoms with E-state index in [-0.39, 0.29) is 23.2 Å². The van der Waals surface area contributed by atoms with Gasteiger partial charge in [0.15, 0.2) is 5.79 Å². The van der Waals surface area contributed by atoms with E-state index in [9.17, 15) is 5.11 Å². The van der Waals surface area contributed by atoms with Crippen LogP contribution in [-0.4, -0.2) is 30.7 Å². The van der Waals surface area contributed by atoms with Crippen LogP contribution in [-0.2, 0) is 9.47 Å². The Bertz CT molecular complexity index is 441. The third-order valence-corrected chi connectivity index (χ3v) is 5.80. The van der Waals surface area contributed by atoms with E-state index < -0.39 is 0 Å². The maximum Gasteiger partial charge on any atom is 0.169 e. The molecule has 1 aliphatic heterocycles. The summed E-state index contributed by atoms with van der Waals surface area (Å²) in [5.41, 5.74) is 3.44. The van der Waals surface area contributed by atoms with Crippen molar-refractivity contribution in [1.82, 2.24) is 0 Å². The largest absolute Gasteiger partial charge is 0.396 e.